The zero-order chi connectivity index (χ0) is 26.0. The summed E-state index contributed by atoms with van der Waals surface area (Å²) in [4.78, 5) is 46.0. The number of carbonyl (C=O) groups excluding carboxylic acids is 3. The molecule has 1 spiro atoms. The minimum Gasteiger partial charge on any atom is -0.352 e. The molecular formula is C32H24N2O3S. The van der Waals surface area contributed by atoms with Gasteiger partial charge < -0.3 is 10.2 Å². The van der Waals surface area contributed by atoms with Crippen molar-refractivity contribution in [3.63, 3.8) is 0 Å². The minimum absolute atomic E-state index is 0.143. The molecule has 4 aromatic rings. The average Bonchev–Trinajstić information content (AvgIpc) is 3.66. The molecule has 38 heavy (non-hydrogen) atoms. The SMILES string of the molecule is CC1=CC2N(c3ccccc31)C(C(=O)c1cccs1)C(C(=O)c1ccccc1)C21C(=O)Nc2ccccc21. The van der Waals surface area contributed by atoms with Crippen molar-refractivity contribution in [1.82, 2.24) is 0 Å². The third-order valence-corrected chi connectivity index (χ3v) is 9.14. The van der Waals surface area contributed by atoms with Crippen LogP contribution in [-0.2, 0) is 10.2 Å². The summed E-state index contributed by atoms with van der Waals surface area (Å²) >= 11 is 1.36. The smallest absolute Gasteiger partial charge is 0.238 e. The van der Waals surface area contributed by atoms with Gasteiger partial charge in [-0.2, -0.15) is 0 Å². The number of anilines is 2. The molecule has 5 nitrogen and oxygen atoms in total. The number of fused-ring (bicyclic) bond motifs is 6. The van der Waals surface area contributed by atoms with E-state index in [0.29, 0.717) is 16.1 Å². The quantitative estimate of drug-likeness (QED) is 0.338. The van der Waals surface area contributed by atoms with Crippen molar-refractivity contribution in [2.45, 2.75) is 24.4 Å². The Kier molecular flexibility index (Phi) is 5.03. The largest absolute Gasteiger partial charge is 0.352 e. The maximum atomic E-state index is 14.6. The Morgan fingerprint density at radius 3 is 2.39 bits per heavy atom. The molecule has 1 amide bonds. The number of thiophene rings is 1. The van der Waals surface area contributed by atoms with Crippen LogP contribution in [0.15, 0.2) is 102 Å². The minimum atomic E-state index is -1.28. The first-order valence-electron chi connectivity index (χ1n) is 12.7. The summed E-state index contributed by atoms with van der Waals surface area (Å²) in [6.45, 7) is 2.03. The Balaban J connectivity index is 1.57. The fourth-order valence-corrected chi connectivity index (χ4v) is 7.43. The molecule has 0 bridgehead atoms. The molecule has 0 saturated carbocycles. The van der Waals surface area contributed by atoms with Gasteiger partial charge in [0.25, 0.3) is 0 Å². The molecule has 1 saturated heterocycles. The summed E-state index contributed by atoms with van der Waals surface area (Å²) in [7, 11) is 0. The second kappa shape index (κ2) is 8.36. The fourth-order valence-electron chi connectivity index (χ4n) is 6.73. The van der Waals surface area contributed by atoms with Gasteiger partial charge in [0.1, 0.15) is 11.5 Å². The Morgan fingerprint density at radius 2 is 1.61 bits per heavy atom. The van der Waals surface area contributed by atoms with Crippen LogP contribution in [0.3, 0.4) is 0 Å². The first kappa shape index (κ1) is 22.9. The van der Waals surface area contributed by atoms with Gasteiger partial charge in [0.05, 0.1) is 16.8 Å². The van der Waals surface area contributed by atoms with Crippen LogP contribution in [0.4, 0.5) is 11.4 Å². The zero-order valence-corrected chi connectivity index (χ0v) is 21.4. The van der Waals surface area contributed by atoms with Crippen LogP contribution in [0.25, 0.3) is 5.57 Å². The van der Waals surface area contributed by atoms with E-state index in [0.717, 1.165) is 22.4 Å². The van der Waals surface area contributed by atoms with Crippen molar-refractivity contribution in [2.24, 2.45) is 5.92 Å². The van der Waals surface area contributed by atoms with Crippen LogP contribution in [0.1, 0.15) is 38.1 Å². The molecule has 3 aromatic carbocycles. The fraction of sp³-hybridized carbons (Fsp3) is 0.156. The van der Waals surface area contributed by atoms with Gasteiger partial charge in [-0.05, 0) is 41.6 Å². The van der Waals surface area contributed by atoms with Crippen LogP contribution < -0.4 is 10.2 Å². The molecule has 6 heteroatoms. The summed E-state index contributed by atoms with van der Waals surface area (Å²) < 4.78 is 0. The molecule has 4 atom stereocenters. The van der Waals surface area contributed by atoms with Crippen LogP contribution in [-0.4, -0.2) is 29.6 Å². The number of ketones is 2. The number of hydrogen-bond acceptors (Lipinski definition) is 5. The molecule has 0 radical (unpaired) electrons. The maximum absolute atomic E-state index is 14.6. The van der Waals surface area contributed by atoms with E-state index in [4.69, 9.17) is 0 Å². The number of rotatable bonds is 4. The molecule has 4 unspecified atom stereocenters. The highest BCUT2D eigenvalue weighted by atomic mass is 32.1. The predicted octanol–water partition coefficient (Wildman–Crippen LogP) is 5.99. The average molecular weight is 517 g/mol. The van der Waals surface area contributed by atoms with Crippen molar-refractivity contribution in [2.75, 3.05) is 10.2 Å². The number of benzene rings is 3. The topological polar surface area (TPSA) is 66.5 Å². The van der Waals surface area contributed by atoms with E-state index in [9.17, 15) is 14.4 Å². The lowest BCUT2D eigenvalue weighted by atomic mass is 9.64. The third-order valence-electron chi connectivity index (χ3n) is 8.26. The normalized spacial score (nSPS) is 24.9. The van der Waals surface area contributed by atoms with E-state index in [1.807, 2.05) is 85.1 Å². The number of nitrogens with zero attached hydrogens (tertiary/aromatic N) is 1. The van der Waals surface area contributed by atoms with Crippen molar-refractivity contribution < 1.29 is 14.4 Å². The first-order valence-corrected chi connectivity index (χ1v) is 13.6. The molecule has 1 N–H and O–H groups in total. The molecule has 3 aliphatic rings. The van der Waals surface area contributed by atoms with E-state index in [2.05, 4.69) is 16.3 Å². The highest BCUT2D eigenvalue weighted by molar-refractivity contribution is 7.12. The van der Waals surface area contributed by atoms with E-state index in [-0.39, 0.29) is 17.5 Å². The highest BCUT2D eigenvalue weighted by Crippen LogP contribution is 2.58. The van der Waals surface area contributed by atoms with Crippen LogP contribution >= 0.6 is 11.3 Å². The Morgan fingerprint density at radius 1 is 0.868 bits per heavy atom. The molecule has 1 fully saturated rings. The van der Waals surface area contributed by atoms with Gasteiger partial charge in [0, 0.05) is 22.5 Å². The van der Waals surface area contributed by atoms with Gasteiger partial charge in [-0.25, -0.2) is 0 Å². The van der Waals surface area contributed by atoms with Gasteiger partial charge >= 0.3 is 0 Å². The van der Waals surface area contributed by atoms with Crippen molar-refractivity contribution >= 4 is 45.8 Å². The number of amides is 1. The molecule has 186 valence electrons. The molecule has 7 rings (SSSR count). The molecule has 0 aliphatic carbocycles. The number of para-hydroxylation sites is 2. The van der Waals surface area contributed by atoms with Gasteiger partial charge in [0.15, 0.2) is 11.6 Å². The summed E-state index contributed by atoms with van der Waals surface area (Å²) in [6, 6.07) is 26.8. The van der Waals surface area contributed by atoms with Crippen molar-refractivity contribution in [3.8, 4) is 0 Å². The summed E-state index contributed by atoms with van der Waals surface area (Å²) in [5.41, 5.74) is 3.56. The number of hydrogen-bond donors (Lipinski definition) is 1. The van der Waals surface area contributed by atoms with Gasteiger partial charge in [0.2, 0.25) is 5.91 Å². The number of carbonyl (C=O) groups is 3. The monoisotopic (exact) mass is 516 g/mol. The van der Waals surface area contributed by atoms with E-state index in [1.165, 1.54) is 11.3 Å². The van der Waals surface area contributed by atoms with E-state index in [1.54, 1.807) is 18.2 Å². The number of nitrogens with one attached hydrogen (secondary N) is 1. The van der Waals surface area contributed by atoms with Crippen LogP contribution in [0.2, 0.25) is 0 Å². The summed E-state index contributed by atoms with van der Waals surface area (Å²) in [5.74, 6) is -1.53. The standard InChI is InChI=1S/C32H24N2O3S/c1-19-18-26-32(22-13-6-7-14-23(22)33-31(32)37)27(29(35)20-10-3-2-4-11-20)28(30(36)25-16-9-17-38-25)34(26)24-15-8-5-12-21(19)24/h2-18,26-28H,1H3,(H,33,37). The lowest BCUT2D eigenvalue weighted by Gasteiger charge is -2.39. The van der Waals surface area contributed by atoms with Gasteiger partial charge in [-0.15, -0.1) is 11.3 Å². The first-order chi connectivity index (χ1) is 18.5. The van der Waals surface area contributed by atoms with Crippen molar-refractivity contribution in [3.05, 3.63) is 124 Å². The second-order valence-corrected chi connectivity index (χ2v) is 11.0. The van der Waals surface area contributed by atoms with E-state index >= 15 is 0 Å². The van der Waals surface area contributed by atoms with Gasteiger partial charge in [-0.3, -0.25) is 14.4 Å². The Hall–Kier alpha value is -4.29. The Labute approximate surface area is 224 Å². The Bertz CT molecular complexity index is 1640. The third kappa shape index (κ3) is 2.95. The maximum Gasteiger partial charge on any atom is 0.238 e. The molecule has 1 aromatic heterocycles. The lowest BCUT2D eigenvalue weighted by molar-refractivity contribution is -0.121. The molecular weight excluding hydrogens is 492 g/mol. The van der Waals surface area contributed by atoms with Crippen LogP contribution in [0.5, 0.6) is 0 Å². The highest BCUT2D eigenvalue weighted by Gasteiger charge is 2.70. The predicted molar refractivity (Wildman–Crippen MR) is 150 cm³/mol. The zero-order valence-electron chi connectivity index (χ0n) is 20.6. The summed E-state index contributed by atoms with van der Waals surface area (Å²) in [5, 5.41) is 4.95. The molecule has 3 aliphatic heterocycles. The summed E-state index contributed by atoms with van der Waals surface area (Å²) in [6.07, 6.45) is 2.08. The van der Waals surface area contributed by atoms with Crippen LogP contribution in [0, 0.1) is 5.92 Å². The van der Waals surface area contributed by atoms with Gasteiger partial charge in [-0.1, -0.05) is 78.9 Å². The van der Waals surface area contributed by atoms with E-state index < -0.39 is 23.4 Å². The number of allylic oxidation sites excluding steroid dienone is 1. The molecule has 4 heterocycles. The lowest BCUT2D eigenvalue weighted by Crippen LogP contribution is -2.51. The van der Waals surface area contributed by atoms with Crippen molar-refractivity contribution in [1.29, 1.82) is 0 Å². The second-order valence-electron chi connectivity index (χ2n) is 10.1. The number of Topliss-reactive ketones (excluding diaryl/α,β-unsaturated/α-hetero) is 2.